The van der Waals surface area contributed by atoms with E-state index in [1.807, 2.05) is 38.1 Å². The third-order valence-electron chi connectivity index (χ3n) is 5.83. The monoisotopic (exact) mass is 521 g/mol. The molecule has 9 heteroatoms. The molecule has 0 fully saturated rings. The molecule has 1 heterocycles. The van der Waals surface area contributed by atoms with Gasteiger partial charge in [0.25, 0.3) is 5.91 Å². The van der Waals surface area contributed by atoms with Crippen LogP contribution in [0, 0.1) is 6.92 Å². The number of carbonyl (C=O) groups excluding carboxylic acids is 2. The number of rotatable bonds is 7. The van der Waals surface area contributed by atoms with Gasteiger partial charge >= 0.3 is 12.1 Å². The zero-order valence-electron chi connectivity index (χ0n) is 21.1. The predicted octanol–water partition coefficient (Wildman–Crippen LogP) is 7.00. The van der Waals surface area contributed by atoms with Crippen LogP contribution in [0.4, 0.5) is 18.9 Å². The molecule has 0 aliphatic carbocycles. The lowest BCUT2D eigenvalue weighted by Gasteiger charge is -2.11. The number of anilines is 1. The Morgan fingerprint density at radius 2 is 1.58 bits per heavy atom. The Morgan fingerprint density at radius 1 is 0.947 bits per heavy atom. The quantitative estimate of drug-likeness (QED) is 0.266. The van der Waals surface area contributed by atoms with E-state index >= 15 is 0 Å². The van der Waals surface area contributed by atoms with Crippen molar-refractivity contribution in [3.8, 4) is 22.7 Å². The minimum Gasteiger partial charge on any atom is -0.407 e. The van der Waals surface area contributed by atoms with Crippen molar-refractivity contribution in [2.75, 3.05) is 5.32 Å². The Kier molecular flexibility index (Phi) is 7.66. The summed E-state index contributed by atoms with van der Waals surface area (Å²) in [6, 6.07) is 18.6. The third kappa shape index (κ3) is 5.94. The van der Waals surface area contributed by atoms with Crippen LogP contribution in [0.2, 0.25) is 0 Å². The molecule has 1 N–H and O–H groups in total. The second-order valence-corrected chi connectivity index (χ2v) is 8.82. The minimum absolute atomic E-state index is 0.101. The highest BCUT2D eigenvalue weighted by Gasteiger charge is 2.30. The lowest BCUT2D eigenvalue weighted by molar-refractivity contribution is -0.137. The van der Waals surface area contributed by atoms with Crippen LogP contribution in [0.25, 0.3) is 16.8 Å². The first-order chi connectivity index (χ1) is 18.1. The second kappa shape index (κ2) is 10.9. The lowest BCUT2D eigenvalue weighted by atomic mass is 10.0. The summed E-state index contributed by atoms with van der Waals surface area (Å²) in [6.07, 6.45) is -3.01. The number of ether oxygens (including phenoxy) is 1. The van der Waals surface area contributed by atoms with Gasteiger partial charge < -0.3 is 10.1 Å². The van der Waals surface area contributed by atoms with Gasteiger partial charge in [-0.25, -0.2) is 0 Å². The first-order valence-corrected chi connectivity index (χ1v) is 12.0. The highest BCUT2D eigenvalue weighted by Crippen LogP contribution is 2.37. The number of hydrogen-bond donors (Lipinski definition) is 1. The molecule has 4 aromatic rings. The highest BCUT2D eigenvalue weighted by atomic mass is 19.4. The molecule has 38 heavy (non-hydrogen) atoms. The van der Waals surface area contributed by atoms with Crippen molar-refractivity contribution in [2.24, 2.45) is 0 Å². The summed E-state index contributed by atoms with van der Waals surface area (Å²) in [7, 11) is 0. The molecular weight excluding hydrogens is 495 g/mol. The molecule has 6 nitrogen and oxygen atoms in total. The molecular formula is C29H26F3N3O3. The molecule has 1 aromatic heterocycles. The van der Waals surface area contributed by atoms with Crippen LogP contribution in [0.15, 0.2) is 72.8 Å². The maximum absolute atomic E-state index is 12.8. The van der Waals surface area contributed by atoms with Gasteiger partial charge in [-0.15, -0.1) is 0 Å². The fourth-order valence-electron chi connectivity index (χ4n) is 3.97. The van der Waals surface area contributed by atoms with E-state index in [4.69, 9.17) is 9.84 Å². The van der Waals surface area contributed by atoms with Gasteiger partial charge in [0.15, 0.2) is 0 Å². The summed E-state index contributed by atoms with van der Waals surface area (Å²) in [5, 5.41) is 7.45. The van der Waals surface area contributed by atoms with Gasteiger partial charge in [-0.05, 0) is 67.4 Å². The summed E-state index contributed by atoms with van der Waals surface area (Å²) >= 11 is 0. The first kappa shape index (κ1) is 26.7. The molecule has 0 spiro atoms. The van der Waals surface area contributed by atoms with Crippen molar-refractivity contribution in [1.29, 1.82) is 0 Å². The topological polar surface area (TPSA) is 73.2 Å². The van der Waals surface area contributed by atoms with E-state index in [0.717, 1.165) is 53.2 Å². The van der Waals surface area contributed by atoms with Gasteiger partial charge in [0.05, 0.1) is 22.5 Å². The SMILES string of the molecule is CCCc1nn(-c2ccc(C)cc2)c(OC(C)=O)c1-c1ccc(NC(=O)c2ccc(C(F)(F)F)cc2)cc1. The maximum Gasteiger partial charge on any atom is 0.416 e. The van der Waals surface area contributed by atoms with Crippen molar-refractivity contribution >= 4 is 17.6 Å². The Bertz CT molecular complexity index is 1440. The molecule has 0 aliphatic rings. The fraction of sp³-hybridized carbons (Fsp3) is 0.207. The number of alkyl halides is 3. The van der Waals surface area contributed by atoms with Gasteiger partial charge in [-0.2, -0.15) is 23.0 Å². The smallest absolute Gasteiger partial charge is 0.407 e. The number of aromatic nitrogens is 2. The summed E-state index contributed by atoms with van der Waals surface area (Å²) in [4.78, 5) is 24.6. The van der Waals surface area contributed by atoms with Crippen molar-refractivity contribution in [2.45, 2.75) is 39.8 Å². The summed E-state index contributed by atoms with van der Waals surface area (Å²) < 4.78 is 45.7. The average molecular weight is 522 g/mol. The van der Waals surface area contributed by atoms with Gasteiger partial charge in [0, 0.05) is 18.2 Å². The lowest BCUT2D eigenvalue weighted by Crippen LogP contribution is -2.12. The van der Waals surface area contributed by atoms with Crippen LogP contribution < -0.4 is 10.1 Å². The molecule has 0 saturated carbocycles. The Balaban J connectivity index is 1.65. The number of esters is 1. The van der Waals surface area contributed by atoms with E-state index in [-0.39, 0.29) is 5.56 Å². The first-order valence-electron chi connectivity index (χ1n) is 12.0. The van der Waals surface area contributed by atoms with Crippen LogP contribution in [-0.4, -0.2) is 21.7 Å². The van der Waals surface area contributed by atoms with Gasteiger partial charge in [-0.1, -0.05) is 43.2 Å². The predicted molar refractivity (Wildman–Crippen MR) is 138 cm³/mol. The highest BCUT2D eigenvalue weighted by molar-refractivity contribution is 6.04. The molecule has 3 aromatic carbocycles. The normalized spacial score (nSPS) is 11.3. The minimum atomic E-state index is -4.47. The van der Waals surface area contributed by atoms with E-state index in [2.05, 4.69) is 5.32 Å². The number of benzene rings is 3. The van der Waals surface area contributed by atoms with Crippen LogP contribution in [0.1, 0.15) is 47.4 Å². The van der Waals surface area contributed by atoms with Crippen LogP contribution >= 0.6 is 0 Å². The number of nitrogens with zero attached hydrogens (tertiary/aromatic N) is 2. The molecule has 4 rings (SSSR count). The number of carbonyl (C=O) groups is 2. The molecule has 1 amide bonds. The third-order valence-corrected chi connectivity index (χ3v) is 5.83. The zero-order valence-corrected chi connectivity index (χ0v) is 21.1. The largest absolute Gasteiger partial charge is 0.416 e. The number of hydrogen-bond acceptors (Lipinski definition) is 4. The van der Waals surface area contributed by atoms with Crippen molar-refractivity contribution in [3.63, 3.8) is 0 Å². The van der Waals surface area contributed by atoms with E-state index in [0.29, 0.717) is 23.6 Å². The van der Waals surface area contributed by atoms with Crippen molar-refractivity contribution in [3.05, 3.63) is 95.2 Å². The number of nitrogens with one attached hydrogen (secondary N) is 1. The van der Waals surface area contributed by atoms with Crippen LogP contribution in [0.3, 0.4) is 0 Å². The van der Waals surface area contributed by atoms with E-state index in [1.54, 1.807) is 28.9 Å². The Morgan fingerprint density at radius 3 is 2.13 bits per heavy atom. The molecule has 0 radical (unpaired) electrons. The molecule has 0 bridgehead atoms. The van der Waals surface area contributed by atoms with Gasteiger partial charge in [0.2, 0.25) is 5.88 Å². The number of halogens is 3. The molecule has 196 valence electrons. The Hall–Kier alpha value is -4.40. The molecule has 0 saturated heterocycles. The molecule has 0 unspecified atom stereocenters. The summed E-state index contributed by atoms with van der Waals surface area (Å²) in [5.41, 5.74) is 3.72. The van der Waals surface area contributed by atoms with E-state index < -0.39 is 23.6 Å². The number of amides is 1. The Labute approximate surface area is 218 Å². The standard InChI is InChI=1S/C29H26F3N3O3/c1-4-5-25-26(28(38-19(3)36)35(34-25)24-16-6-18(2)7-17-24)20-10-14-23(15-11-20)33-27(37)21-8-12-22(13-9-21)29(30,31)32/h6-17H,4-5H2,1-3H3,(H,33,37). The summed E-state index contributed by atoms with van der Waals surface area (Å²) in [6.45, 7) is 5.33. The van der Waals surface area contributed by atoms with Gasteiger partial charge in [0.1, 0.15) is 0 Å². The van der Waals surface area contributed by atoms with Crippen LogP contribution in [0.5, 0.6) is 5.88 Å². The van der Waals surface area contributed by atoms with Crippen LogP contribution in [-0.2, 0) is 17.4 Å². The fourth-order valence-corrected chi connectivity index (χ4v) is 3.97. The number of aryl methyl sites for hydroxylation is 2. The second-order valence-electron chi connectivity index (χ2n) is 8.82. The molecule has 0 atom stereocenters. The van der Waals surface area contributed by atoms with Gasteiger partial charge in [-0.3, -0.25) is 9.59 Å². The van der Waals surface area contributed by atoms with Crippen molar-refractivity contribution < 1.29 is 27.5 Å². The summed E-state index contributed by atoms with van der Waals surface area (Å²) in [5.74, 6) is -0.722. The molecule has 0 aliphatic heterocycles. The average Bonchev–Trinajstić information content (AvgIpc) is 3.21. The van der Waals surface area contributed by atoms with Crippen molar-refractivity contribution in [1.82, 2.24) is 9.78 Å². The maximum atomic E-state index is 12.8. The zero-order chi connectivity index (χ0) is 27.4. The van der Waals surface area contributed by atoms with E-state index in [9.17, 15) is 22.8 Å². The van der Waals surface area contributed by atoms with E-state index in [1.165, 1.54) is 6.92 Å².